The first-order valence-corrected chi connectivity index (χ1v) is 10.7. The minimum Gasteiger partial charge on any atom is -0.506 e. The van der Waals surface area contributed by atoms with Gasteiger partial charge in [0.1, 0.15) is 5.75 Å². The van der Waals surface area contributed by atoms with Crippen molar-refractivity contribution in [3.05, 3.63) is 83.4 Å². The molecule has 0 spiro atoms. The van der Waals surface area contributed by atoms with E-state index in [0.717, 1.165) is 5.56 Å². The maximum Gasteiger partial charge on any atom is 0.261 e. The largest absolute Gasteiger partial charge is 0.506 e. The zero-order chi connectivity index (χ0) is 21.9. The van der Waals surface area contributed by atoms with Gasteiger partial charge in [-0.05, 0) is 73.5 Å². The van der Waals surface area contributed by atoms with Gasteiger partial charge in [0.05, 0.1) is 16.7 Å². The molecule has 3 rings (SSSR count). The summed E-state index contributed by atoms with van der Waals surface area (Å²) < 4.78 is 27.5. The Morgan fingerprint density at radius 3 is 2.17 bits per heavy atom. The molecule has 1 unspecified atom stereocenters. The van der Waals surface area contributed by atoms with Gasteiger partial charge >= 0.3 is 0 Å². The smallest absolute Gasteiger partial charge is 0.261 e. The molecule has 4 N–H and O–H groups in total. The molecule has 3 aromatic carbocycles. The summed E-state index contributed by atoms with van der Waals surface area (Å²) in [5, 5.41) is 22.1. The van der Waals surface area contributed by atoms with Crippen LogP contribution < -0.4 is 10.0 Å². The maximum atomic E-state index is 12.5. The van der Waals surface area contributed by atoms with Crippen molar-refractivity contribution in [2.24, 2.45) is 0 Å². The second-order valence-corrected chi connectivity index (χ2v) is 8.58. The molecule has 0 heterocycles. The SMILES string of the molecule is Cc1ccc(NC(=O)c2ccc(NS(=O)(=O)c3ccc(C(C)O)cc3)cc2)c(O)c1. The number of sulfonamides is 1. The molecule has 30 heavy (non-hydrogen) atoms. The van der Waals surface area contributed by atoms with Gasteiger partial charge in [-0.2, -0.15) is 0 Å². The van der Waals surface area contributed by atoms with Crippen molar-refractivity contribution in [3.63, 3.8) is 0 Å². The maximum absolute atomic E-state index is 12.5. The average Bonchev–Trinajstić information content (AvgIpc) is 2.70. The summed E-state index contributed by atoms with van der Waals surface area (Å²) in [4.78, 5) is 12.4. The molecule has 7 nitrogen and oxygen atoms in total. The topological polar surface area (TPSA) is 116 Å². The average molecular weight is 426 g/mol. The monoisotopic (exact) mass is 426 g/mol. The first-order chi connectivity index (χ1) is 14.2. The quantitative estimate of drug-likeness (QED) is 0.448. The fraction of sp³-hybridized carbons (Fsp3) is 0.136. The summed E-state index contributed by atoms with van der Waals surface area (Å²) in [6, 6.07) is 16.8. The van der Waals surface area contributed by atoms with Crippen LogP contribution in [0.2, 0.25) is 0 Å². The number of aliphatic hydroxyl groups is 1. The number of benzene rings is 3. The molecule has 0 aliphatic carbocycles. The molecule has 0 aliphatic heterocycles. The lowest BCUT2D eigenvalue weighted by molar-refractivity contribution is 0.102. The Kier molecular flexibility index (Phi) is 6.09. The third-order valence-electron chi connectivity index (χ3n) is 4.47. The van der Waals surface area contributed by atoms with E-state index in [4.69, 9.17) is 0 Å². The van der Waals surface area contributed by atoms with Gasteiger partial charge in [-0.3, -0.25) is 9.52 Å². The lowest BCUT2D eigenvalue weighted by Gasteiger charge is -2.11. The minimum absolute atomic E-state index is 0.0330. The van der Waals surface area contributed by atoms with Crippen molar-refractivity contribution >= 4 is 27.3 Å². The predicted molar refractivity (Wildman–Crippen MR) is 115 cm³/mol. The van der Waals surface area contributed by atoms with Gasteiger partial charge in [0.25, 0.3) is 15.9 Å². The number of nitrogens with one attached hydrogen (secondary N) is 2. The number of phenols is 1. The predicted octanol–water partition coefficient (Wildman–Crippen LogP) is 3.81. The van der Waals surface area contributed by atoms with Crippen LogP contribution in [0.4, 0.5) is 11.4 Å². The van der Waals surface area contributed by atoms with E-state index in [1.807, 2.05) is 6.92 Å². The number of amides is 1. The lowest BCUT2D eigenvalue weighted by Crippen LogP contribution is -2.14. The summed E-state index contributed by atoms with van der Waals surface area (Å²) >= 11 is 0. The van der Waals surface area contributed by atoms with Crippen LogP contribution in [0.1, 0.15) is 34.5 Å². The van der Waals surface area contributed by atoms with Crippen LogP contribution in [0, 0.1) is 6.92 Å². The molecular formula is C22H22N2O5S. The molecule has 0 aromatic heterocycles. The van der Waals surface area contributed by atoms with E-state index in [9.17, 15) is 23.4 Å². The number of hydrogen-bond donors (Lipinski definition) is 4. The highest BCUT2D eigenvalue weighted by Crippen LogP contribution is 2.25. The van der Waals surface area contributed by atoms with Gasteiger partial charge < -0.3 is 15.5 Å². The second-order valence-electron chi connectivity index (χ2n) is 6.90. The Balaban J connectivity index is 1.71. The van der Waals surface area contributed by atoms with Crippen LogP contribution in [0.3, 0.4) is 0 Å². The normalized spacial score (nSPS) is 12.2. The Bertz CT molecular complexity index is 1160. The van der Waals surface area contributed by atoms with E-state index in [1.54, 1.807) is 37.3 Å². The number of carbonyl (C=O) groups is 1. The summed E-state index contributed by atoms with van der Waals surface area (Å²) in [6.07, 6.45) is -0.685. The van der Waals surface area contributed by atoms with Crippen molar-refractivity contribution < 1.29 is 23.4 Å². The first kappa shape index (κ1) is 21.4. The van der Waals surface area contributed by atoms with Crippen LogP contribution in [-0.4, -0.2) is 24.5 Å². The summed E-state index contributed by atoms with van der Waals surface area (Å²) in [5.74, 6) is -0.466. The molecule has 0 radical (unpaired) electrons. The standard InChI is InChI=1S/C22H22N2O5S/c1-14-3-12-20(21(26)13-14)23-22(27)17-4-8-18(9-5-17)24-30(28,29)19-10-6-16(7-11-19)15(2)25/h3-13,15,24-26H,1-2H3,(H,23,27). The number of carbonyl (C=O) groups excluding carboxylic acids is 1. The fourth-order valence-electron chi connectivity index (χ4n) is 2.77. The van der Waals surface area contributed by atoms with E-state index in [2.05, 4.69) is 10.0 Å². The van der Waals surface area contributed by atoms with Crippen molar-refractivity contribution in [1.82, 2.24) is 0 Å². The fourth-order valence-corrected chi connectivity index (χ4v) is 3.83. The lowest BCUT2D eigenvalue weighted by atomic mass is 10.1. The number of aromatic hydroxyl groups is 1. The van der Waals surface area contributed by atoms with Gasteiger partial charge in [-0.25, -0.2) is 8.42 Å². The molecule has 3 aromatic rings. The van der Waals surface area contributed by atoms with Crippen LogP contribution in [-0.2, 0) is 10.0 Å². The molecule has 0 bridgehead atoms. The molecule has 0 saturated heterocycles. The van der Waals surface area contributed by atoms with Gasteiger partial charge in [-0.15, -0.1) is 0 Å². The number of rotatable bonds is 6. The van der Waals surface area contributed by atoms with Crippen LogP contribution >= 0.6 is 0 Å². The summed E-state index contributed by atoms with van der Waals surface area (Å²) in [6.45, 7) is 3.42. The minimum atomic E-state index is -3.81. The number of anilines is 2. The highest BCUT2D eigenvalue weighted by atomic mass is 32.2. The number of aliphatic hydroxyl groups excluding tert-OH is 1. The van der Waals surface area contributed by atoms with Gasteiger partial charge in [0.15, 0.2) is 0 Å². The van der Waals surface area contributed by atoms with Gasteiger partial charge in [0.2, 0.25) is 0 Å². The van der Waals surface area contributed by atoms with E-state index in [0.29, 0.717) is 16.8 Å². The Morgan fingerprint density at radius 1 is 0.967 bits per heavy atom. The third kappa shape index (κ3) is 4.97. The van der Waals surface area contributed by atoms with Crippen molar-refractivity contribution in [3.8, 4) is 5.75 Å². The summed E-state index contributed by atoms with van der Waals surface area (Å²) in [5.41, 5.74) is 2.37. The Hall–Kier alpha value is -3.36. The molecule has 156 valence electrons. The van der Waals surface area contributed by atoms with E-state index in [1.165, 1.54) is 36.4 Å². The summed E-state index contributed by atoms with van der Waals surface area (Å²) in [7, 11) is -3.81. The molecule has 0 aliphatic rings. The first-order valence-electron chi connectivity index (χ1n) is 9.17. The molecule has 0 saturated carbocycles. The number of hydrogen-bond acceptors (Lipinski definition) is 5. The van der Waals surface area contributed by atoms with Crippen LogP contribution in [0.5, 0.6) is 5.75 Å². The molecule has 1 amide bonds. The van der Waals surface area contributed by atoms with Crippen molar-refractivity contribution in [2.45, 2.75) is 24.8 Å². The second kappa shape index (κ2) is 8.56. The van der Waals surface area contributed by atoms with Crippen LogP contribution in [0.15, 0.2) is 71.6 Å². The molecule has 0 fully saturated rings. The van der Waals surface area contributed by atoms with E-state index in [-0.39, 0.29) is 16.3 Å². The number of aryl methyl sites for hydroxylation is 1. The number of phenolic OH excluding ortho intramolecular Hbond substituents is 1. The molecular weight excluding hydrogens is 404 g/mol. The van der Waals surface area contributed by atoms with E-state index < -0.39 is 22.0 Å². The molecule has 1 atom stereocenters. The van der Waals surface area contributed by atoms with Crippen molar-refractivity contribution in [2.75, 3.05) is 10.0 Å². The van der Waals surface area contributed by atoms with Gasteiger partial charge in [-0.1, -0.05) is 18.2 Å². The highest BCUT2D eigenvalue weighted by Gasteiger charge is 2.15. The van der Waals surface area contributed by atoms with Crippen molar-refractivity contribution in [1.29, 1.82) is 0 Å². The highest BCUT2D eigenvalue weighted by molar-refractivity contribution is 7.92. The third-order valence-corrected chi connectivity index (χ3v) is 5.87. The van der Waals surface area contributed by atoms with Crippen LogP contribution in [0.25, 0.3) is 0 Å². The van der Waals surface area contributed by atoms with E-state index >= 15 is 0 Å². The van der Waals surface area contributed by atoms with Gasteiger partial charge in [0, 0.05) is 11.3 Å². The zero-order valence-corrected chi connectivity index (χ0v) is 17.3. The molecule has 8 heteroatoms. The zero-order valence-electron chi connectivity index (χ0n) is 16.5. The Labute approximate surface area is 175 Å². The Morgan fingerprint density at radius 2 is 1.60 bits per heavy atom.